The number of carbonyl (C=O) groups is 1. The van der Waals surface area contributed by atoms with Crippen molar-refractivity contribution in [3.05, 3.63) is 47.7 Å². The maximum absolute atomic E-state index is 11.0. The van der Waals surface area contributed by atoms with Gasteiger partial charge in [0.1, 0.15) is 11.3 Å². The van der Waals surface area contributed by atoms with E-state index >= 15 is 0 Å². The number of hydrogen-bond donors (Lipinski definition) is 2. The minimum absolute atomic E-state index is 0.120. The molecule has 0 spiro atoms. The molecule has 0 aliphatic heterocycles. The lowest BCUT2D eigenvalue weighted by molar-refractivity contribution is 0.0697. The first-order valence-electron chi connectivity index (χ1n) is 6.12. The first-order chi connectivity index (χ1) is 9.70. The van der Waals surface area contributed by atoms with Gasteiger partial charge in [-0.3, -0.25) is 0 Å². The summed E-state index contributed by atoms with van der Waals surface area (Å²) in [5, 5.41) is 19.5. The van der Waals surface area contributed by atoms with E-state index in [9.17, 15) is 4.79 Å². The van der Waals surface area contributed by atoms with Gasteiger partial charge in [-0.15, -0.1) is 5.10 Å². The SMILES string of the molecule is COc1ccc(CCNc2nnccc2C(=O)O)cc1. The summed E-state index contributed by atoms with van der Waals surface area (Å²) in [7, 11) is 1.62. The quantitative estimate of drug-likeness (QED) is 0.835. The average molecular weight is 273 g/mol. The maximum atomic E-state index is 11.0. The second-order valence-corrected chi connectivity index (χ2v) is 4.12. The lowest BCUT2D eigenvalue weighted by atomic mass is 10.1. The van der Waals surface area contributed by atoms with Gasteiger partial charge in [0.15, 0.2) is 5.82 Å². The molecular weight excluding hydrogens is 258 g/mol. The number of hydrogen-bond acceptors (Lipinski definition) is 5. The number of carboxylic acids is 1. The molecule has 2 rings (SSSR count). The molecule has 0 unspecified atom stereocenters. The van der Waals surface area contributed by atoms with Gasteiger partial charge in [0.25, 0.3) is 0 Å². The third-order valence-electron chi connectivity index (χ3n) is 2.82. The Bertz CT molecular complexity index is 584. The van der Waals surface area contributed by atoms with Gasteiger partial charge in [-0.25, -0.2) is 4.79 Å². The van der Waals surface area contributed by atoms with Crippen LogP contribution in [0, 0.1) is 0 Å². The number of nitrogens with one attached hydrogen (secondary N) is 1. The third kappa shape index (κ3) is 3.44. The Morgan fingerprint density at radius 1 is 1.30 bits per heavy atom. The minimum Gasteiger partial charge on any atom is -0.497 e. The van der Waals surface area contributed by atoms with Crippen molar-refractivity contribution >= 4 is 11.8 Å². The van der Waals surface area contributed by atoms with Crippen LogP contribution in [0.3, 0.4) is 0 Å². The van der Waals surface area contributed by atoms with Crippen LogP contribution in [-0.2, 0) is 6.42 Å². The number of anilines is 1. The van der Waals surface area contributed by atoms with E-state index < -0.39 is 5.97 Å². The molecule has 0 aliphatic rings. The van der Waals surface area contributed by atoms with Gasteiger partial charge in [0.2, 0.25) is 0 Å². The van der Waals surface area contributed by atoms with Crippen LogP contribution >= 0.6 is 0 Å². The Kier molecular flexibility index (Phi) is 4.49. The summed E-state index contributed by atoms with van der Waals surface area (Å²) >= 11 is 0. The van der Waals surface area contributed by atoms with Crippen molar-refractivity contribution in [2.45, 2.75) is 6.42 Å². The summed E-state index contributed by atoms with van der Waals surface area (Å²) in [5.74, 6) is 0.0733. The second-order valence-electron chi connectivity index (χ2n) is 4.12. The van der Waals surface area contributed by atoms with Crippen LogP contribution < -0.4 is 10.1 Å². The van der Waals surface area contributed by atoms with Gasteiger partial charge < -0.3 is 15.2 Å². The molecule has 20 heavy (non-hydrogen) atoms. The predicted octanol–water partition coefficient (Wildman–Crippen LogP) is 1.84. The van der Waals surface area contributed by atoms with Crippen LogP contribution in [0.4, 0.5) is 5.82 Å². The van der Waals surface area contributed by atoms with E-state index in [-0.39, 0.29) is 11.4 Å². The highest BCUT2D eigenvalue weighted by Gasteiger charge is 2.10. The lowest BCUT2D eigenvalue weighted by Gasteiger charge is -2.07. The van der Waals surface area contributed by atoms with Crippen LogP contribution in [0.1, 0.15) is 15.9 Å². The van der Waals surface area contributed by atoms with Crippen molar-refractivity contribution in [1.82, 2.24) is 10.2 Å². The Morgan fingerprint density at radius 3 is 2.70 bits per heavy atom. The average Bonchev–Trinajstić information content (AvgIpc) is 2.48. The number of nitrogens with zero attached hydrogens (tertiary/aromatic N) is 2. The molecule has 0 aliphatic carbocycles. The molecule has 0 fully saturated rings. The fourth-order valence-electron chi connectivity index (χ4n) is 1.75. The minimum atomic E-state index is -1.02. The van der Waals surface area contributed by atoms with E-state index in [1.807, 2.05) is 24.3 Å². The smallest absolute Gasteiger partial charge is 0.339 e. The van der Waals surface area contributed by atoms with Crippen molar-refractivity contribution < 1.29 is 14.6 Å². The largest absolute Gasteiger partial charge is 0.497 e. The van der Waals surface area contributed by atoms with Crippen LogP contribution in [0.2, 0.25) is 0 Å². The van der Waals surface area contributed by atoms with Crippen LogP contribution in [0.15, 0.2) is 36.5 Å². The van der Waals surface area contributed by atoms with Gasteiger partial charge in [0, 0.05) is 6.54 Å². The molecule has 0 radical (unpaired) electrons. The fraction of sp³-hybridized carbons (Fsp3) is 0.214. The predicted molar refractivity (Wildman–Crippen MR) is 74.2 cm³/mol. The summed E-state index contributed by atoms with van der Waals surface area (Å²) in [6, 6.07) is 9.14. The highest BCUT2D eigenvalue weighted by atomic mass is 16.5. The molecular formula is C14H15N3O3. The summed E-state index contributed by atoms with van der Waals surface area (Å²) in [4.78, 5) is 11.0. The van der Waals surface area contributed by atoms with Crippen LogP contribution in [0.5, 0.6) is 5.75 Å². The first kappa shape index (κ1) is 13.8. The van der Waals surface area contributed by atoms with Gasteiger partial charge in [-0.1, -0.05) is 12.1 Å². The molecule has 0 saturated carbocycles. The van der Waals surface area contributed by atoms with Crippen molar-refractivity contribution in [1.29, 1.82) is 0 Å². The van der Waals surface area contributed by atoms with Gasteiger partial charge >= 0.3 is 5.97 Å². The van der Waals surface area contributed by atoms with E-state index in [0.29, 0.717) is 6.54 Å². The molecule has 104 valence electrons. The van der Waals surface area contributed by atoms with Crippen LogP contribution in [0.25, 0.3) is 0 Å². The molecule has 0 bridgehead atoms. The summed E-state index contributed by atoms with van der Waals surface area (Å²) in [6.07, 6.45) is 2.11. The topological polar surface area (TPSA) is 84.3 Å². The van der Waals surface area contributed by atoms with Gasteiger partial charge in [-0.2, -0.15) is 5.10 Å². The van der Waals surface area contributed by atoms with E-state index in [1.54, 1.807) is 7.11 Å². The Labute approximate surface area is 116 Å². The highest BCUT2D eigenvalue weighted by Crippen LogP contribution is 2.13. The third-order valence-corrected chi connectivity index (χ3v) is 2.82. The summed E-state index contributed by atoms with van der Waals surface area (Å²) in [5.41, 5.74) is 1.24. The zero-order valence-electron chi connectivity index (χ0n) is 11.0. The molecule has 1 aromatic heterocycles. The number of ether oxygens (including phenoxy) is 1. The van der Waals surface area contributed by atoms with Crippen molar-refractivity contribution in [3.63, 3.8) is 0 Å². The lowest BCUT2D eigenvalue weighted by Crippen LogP contribution is -2.11. The van der Waals surface area contributed by atoms with E-state index in [0.717, 1.165) is 17.7 Å². The first-order valence-corrected chi connectivity index (χ1v) is 6.12. The summed E-state index contributed by atoms with van der Waals surface area (Å²) in [6.45, 7) is 0.575. The number of rotatable bonds is 6. The maximum Gasteiger partial charge on any atom is 0.339 e. The monoisotopic (exact) mass is 273 g/mol. The Hall–Kier alpha value is -2.63. The Balaban J connectivity index is 1.94. The fourth-order valence-corrected chi connectivity index (χ4v) is 1.75. The molecule has 1 aromatic carbocycles. The molecule has 0 amide bonds. The number of methoxy groups -OCH3 is 1. The normalized spacial score (nSPS) is 10.1. The second kappa shape index (κ2) is 6.51. The van der Waals surface area contributed by atoms with E-state index in [4.69, 9.17) is 9.84 Å². The number of benzene rings is 1. The molecule has 6 heteroatoms. The molecule has 2 N–H and O–H groups in total. The standard InChI is InChI=1S/C14H15N3O3/c1-20-11-4-2-10(3-5-11)6-8-15-13-12(14(18)19)7-9-16-17-13/h2-5,7,9H,6,8H2,1H3,(H,15,17)(H,18,19). The van der Waals surface area contributed by atoms with E-state index in [2.05, 4.69) is 15.5 Å². The number of aromatic carboxylic acids is 1. The van der Waals surface area contributed by atoms with Crippen molar-refractivity contribution in [2.24, 2.45) is 0 Å². The number of aromatic nitrogens is 2. The van der Waals surface area contributed by atoms with Gasteiger partial charge in [-0.05, 0) is 30.2 Å². The van der Waals surface area contributed by atoms with Crippen LogP contribution in [-0.4, -0.2) is 34.9 Å². The zero-order chi connectivity index (χ0) is 14.4. The zero-order valence-corrected chi connectivity index (χ0v) is 11.0. The molecule has 6 nitrogen and oxygen atoms in total. The highest BCUT2D eigenvalue weighted by molar-refractivity contribution is 5.92. The van der Waals surface area contributed by atoms with Gasteiger partial charge in [0.05, 0.1) is 13.3 Å². The summed E-state index contributed by atoms with van der Waals surface area (Å²) < 4.78 is 5.09. The molecule has 0 saturated heterocycles. The molecule has 1 heterocycles. The Morgan fingerprint density at radius 2 is 2.05 bits per heavy atom. The van der Waals surface area contributed by atoms with E-state index in [1.165, 1.54) is 12.3 Å². The van der Waals surface area contributed by atoms with Crippen molar-refractivity contribution in [2.75, 3.05) is 19.0 Å². The van der Waals surface area contributed by atoms with Crippen molar-refractivity contribution in [3.8, 4) is 5.75 Å². The number of carboxylic acid groups (broad SMARTS) is 1. The molecule has 2 aromatic rings. The molecule has 0 atom stereocenters.